The first-order valence-electron chi connectivity index (χ1n) is 11.0. The molecule has 4 saturated carbocycles. The zero-order chi connectivity index (χ0) is 19.6. The van der Waals surface area contributed by atoms with Crippen LogP contribution in [0.4, 0.5) is 0 Å². The van der Waals surface area contributed by atoms with Gasteiger partial charge in [0.1, 0.15) is 5.75 Å². The van der Waals surface area contributed by atoms with Gasteiger partial charge >= 0.3 is 0 Å². The van der Waals surface area contributed by atoms with Gasteiger partial charge in [0.2, 0.25) is 0 Å². The van der Waals surface area contributed by atoms with Gasteiger partial charge in [-0.15, -0.1) is 5.10 Å². The van der Waals surface area contributed by atoms with Crippen LogP contribution in [0.15, 0.2) is 29.4 Å². The van der Waals surface area contributed by atoms with E-state index in [4.69, 9.17) is 14.8 Å². The molecule has 0 spiro atoms. The highest BCUT2D eigenvalue weighted by atomic mass is 32.2. The number of hydrogen-bond acceptors (Lipinski definition) is 5. The fourth-order valence-electron chi connectivity index (χ4n) is 6.69. The molecule has 4 fully saturated rings. The van der Waals surface area contributed by atoms with Gasteiger partial charge in [0.15, 0.2) is 11.0 Å². The van der Waals surface area contributed by atoms with Crippen LogP contribution in [0.2, 0.25) is 0 Å². The average Bonchev–Trinajstić information content (AvgIpc) is 3.14. The first-order valence-corrected chi connectivity index (χ1v) is 11.9. The van der Waals surface area contributed by atoms with Crippen molar-refractivity contribution >= 4 is 17.7 Å². The Kier molecular flexibility index (Phi) is 4.09. The fraction of sp³-hybridized carbons (Fsp3) is 0.609. The molecule has 152 valence electrons. The Morgan fingerprint density at radius 3 is 2.38 bits per heavy atom. The molecule has 4 bridgehead atoms. The van der Waals surface area contributed by atoms with Gasteiger partial charge in [0.25, 0.3) is 5.91 Å². The normalized spacial score (nSPS) is 35.0. The molecule has 2 aromatic rings. The summed E-state index contributed by atoms with van der Waals surface area (Å²) >= 11 is 1.69. The SMILES string of the molecule is CCOc1ccc([C@H]2CC(=O)n3nc(C45CC6CC(CC(C6)C4)C5)nc3S2)cc1. The van der Waals surface area contributed by atoms with E-state index in [-0.39, 0.29) is 16.6 Å². The minimum atomic E-state index is 0.0705. The maximum atomic E-state index is 12.9. The van der Waals surface area contributed by atoms with Gasteiger partial charge in [0.05, 0.1) is 6.61 Å². The van der Waals surface area contributed by atoms with Gasteiger partial charge in [-0.3, -0.25) is 4.79 Å². The molecule has 0 saturated heterocycles. The third-order valence-corrected chi connectivity index (χ3v) is 8.70. The third kappa shape index (κ3) is 2.94. The number of nitrogens with zero attached hydrogens (tertiary/aromatic N) is 3. The van der Waals surface area contributed by atoms with E-state index in [0.717, 1.165) is 40.0 Å². The Bertz CT molecular complexity index is 916. The minimum absolute atomic E-state index is 0.0705. The molecule has 5 aliphatic rings. The Hall–Kier alpha value is -1.82. The van der Waals surface area contributed by atoms with Crippen LogP contribution in [0.25, 0.3) is 0 Å². The molecule has 1 aliphatic heterocycles. The summed E-state index contributed by atoms with van der Waals surface area (Å²) in [5.74, 6) is 4.45. The smallest absolute Gasteiger partial charge is 0.250 e. The number of fused-ring (bicyclic) bond motifs is 1. The molecule has 29 heavy (non-hydrogen) atoms. The summed E-state index contributed by atoms with van der Waals surface area (Å²) in [4.78, 5) is 17.9. The lowest BCUT2D eigenvalue weighted by molar-refractivity contribution is -0.00944. The van der Waals surface area contributed by atoms with E-state index in [9.17, 15) is 4.79 Å². The fourth-order valence-corrected chi connectivity index (χ4v) is 7.85. The predicted molar refractivity (Wildman–Crippen MR) is 111 cm³/mol. The van der Waals surface area contributed by atoms with E-state index in [2.05, 4.69) is 12.1 Å². The van der Waals surface area contributed by atoms with E-state index >= 15 is 0 Å². The third-order valence-electron chi connectivity index (χ3n) is 7.50. The maximum absolute atomic E-state index is 12.9. The summed E-state index contributed by atoms with van der Waals surface area (Å²) < 4.78 is 7.15. The molecule has 1 aromatic carbocycles. The van der Waals surface area contributed by atoms with E-state index in [1.54, 1.807) is 16.4 Å². The number of benzene rings is 1. The topological polar surface area (TPSA) is 57.0 Å². The monoisotopic (exact) mass is 409 g/mol. The van der Waals surface area contributed by atoms with E-state index in [1.807, 2.05) is 19.1 Å². The van der Waals surface area contributed by atoms with Gasteiger partial charge in [-0.25, -0.2) is 4.98 Å². The van der Waals surface area contributed by atoms with Crippen molar-refractivity contribution in [2.24, 2.45) is 17.8 Å². The highest BCUT2D eigenvalue weighted by Gasteiger charge is 2.54. The summed E-state index contributed by atoms with van der Waals surface area (Å²) in [5.41, 5.74) is 1.28. The summed E-state index contributed by atoms with van der Waals surface area (Å²) in [7, 11) is 0. The second kappa shape index (κ2) is 6.59. The summed E-state index contributed by atoms with van der Waals surface area (Å²) in [6.45, 7) is 2.64. The molecule has 0 radical (unpaired) electrons. The molecule has 7 rings (SSSR count). The van der Waals surface area contributed by atoms with E-state index in [1.165, 1.54) is 38.5 Å². The van der Waals surface area contributed by atoms with Crippen molar-refractivity contribution in [1.82, 2.24) is 14.8 Å². The second-order valence-corrected chi connectivity index (χ2v) is 10.7. The standard InChI is InChI=1S/C23H27N3O2S/c1-2-28-18-5-3-17(4-6-18)19-10-20(27)26-22(29-19)24-21(25-26)23-11-14-7-15(12-23)9-16(8-14)13-23/h3-6,14-16,19H,2,7-13H2,1H3/t14?,15?,16?,19-,23?/m1/s1. The largest absolute Gasteiger partial charge is 0.494 e. The highest BCUT2D eigenvalue weighted by Crippen LogP contribution is 2.60. The molecule has 0 unspecified atom stereocenters. The summed E-state index contributed by atoms with van der Waals surface area (Å²) in [5, 5.41) is 5.68. The van der Waals surface area contributed by atoms with Crippen LogP contribution >= 0.6 is 11.8 Å². The Balaban J connectivity index is 1.28. The molecule has 0 N–H and O–H groups in total. The van der Waals surface area contributed by atoms with Gasteiger partial charge in [-0.2, -0.15) is 4.68 Å². The Labute approximate surface area is 175 Å². The lowest BCUT2D eigenvalue weighted by atomic mass is 9.49. The first kappa shape index (κ1) is 18.0. The molecular formula is C23H27N3O2S. The quantitative estimate of drug-likeness (QED) is 0.709. The van der Waals surface area contributed by atoms with Gasteiger partial charge in [0, 0.05) is 17.1 Å². The lowest BCUT2D eigenvalue weighted by Gasteiger charge is -2.55. The lowest BCUT2D eigenvalue weighted by Crippen LogP contribution is -2.49. The molecule has 1 atom stereocenters. The Morgan fingerprint density at radius 1 is 1.10 bits per heavy atom. The van der Waals surface area contributed by atoms with E-state index in [0.29, 0.717) is 13.0 Å². The average molecular weight is 410 g/mol. The van der Waals surface area contributed by atoms with Gasteiger partial charge < -0.3 is 4.74 Å². The zero-order valence-electron chi connectivity index (χ0n) is 16.8. The van der Waals surface area contributed by atoms with Crippen molar-refractivity contribution in [1.29, 1.82) is 0 Å². The van der Waals surface area contributed by atoms with Crippen LogP contribution in [-0.4, -0.2) is 27.3 Å². The van der Waals surface area contributed by atoms with Crippen LogP contribution in [0.3, 0.4) is 0 Å². The van der Waals surface area contributed by atoms with Gasteiger partial charge in [-0.1, -0.05) is 23.9 Å². The van der Waals surface area contributed by atoms with E-state index < -0.39 is 0 Å². The number of ether oxygens (including phenoxy) is 1. The number of aromatic nitrogens is 3. The number of carbonyl (C=O) groups excluding carboxylic acids is 1. The van der Waals surface area contributed by atoms with Crippen molar-refractivity contribution in [3.8, 4) is 5.75 Å². The second-order valence-electron chi connectivity index (χ2n) is 9.53. The molecule has 2 heterocycles. The van der Waals surface area contributed by atoms with Crippen LogP contribution in [0.5, 0.6) is 5.75 Å². The molecule has 5 nitrogen and oxygen atoms in total. The molecule has 6 heteroatoms. The molecule has 1 aromatic heterocycles. The molecule has 4 aliphatic carbocycles. The number of carbonyl (C=O) groups is 1. The summed E-state index contributed by atoms with van der Waals surface area (Å²) in [6.07, 6.45) is 8.35. The molecular weight excluding hydrogens is 382 g/mol. The van der Waals surface area contributed by atoms with Crippen molar-refractivity contribution in [2.75, 3.05) is 6.61 Å². The predicted octanol–water partition coefficient (Wildman–Crippen LogP) is 5.02. The van der Waals surface area contributed by atoms with Crippen molar-refractivity contribution in [2.45, 2.75) is 67.7 Å². The zero-order valence-corrected chi connectivity index (χ0v) is 17.7. The maximum Gasteiger partial charge on any atom is 0.250 e. The highest BCUT2D eigenvalue weighted by molar-refractivity contribution is 7.99. The van der Waals surface area contributed by atoms with Crippen LogP contribution in [0.1, 0.15) is 73.3 Å². The Morgan fingerprint density at radius 2 is 1.76 bits per heavy atom. The van der Waals surface area contributed by atoms with Crippen LogP contribution < -0.4 is 4.74 Å². The van der Waals surface area contributed by atoms with Crippen molar-refractivity contribution < 1.29 is 9.53 Å². The number of hydrogen-bond donors (Lipinski definition) is 0. The van der Waals surface area contributed by atoms with Crippen LogP contribution in [-0.2, 0) is 5.41 Å². The van der Waals surface area contributed by atoms with Crippen molar-refractivity contribution in [3.05, 3.63) is 35.7 Å². The molecule has 0 amide bonds. The van der Waals surface area contributed by atoms with Crippen molar-refractivity contribution in [3.63, 3.8) is 0 Å². The van der Waals surface area contributed by atoms with Gasteiger partial charge in [-0.05, 0) is 80.9 Å². The minimum Gasteiger partial charge on any atom is -0.494 e. The number of thioether (sulfide) groups is 1. The van der Waals surface area contributed by atoms with Crippen LogP contribution in [0, 0.1) is 17.8 Å². The summed E-state index contributed by atoms with van der Waals surface area (Å²) in [6, 6.07) is 8.12. The number of rotatable bonds is 4. The first-order chi connectivity index (χ1) is 14.1.